The molecule has 1 aliphatic heterocycles. The van der Waals surface area contributed by atoms with Gasteiger partial charge in [0.25, 0.3) is 0 Å². The Morgan fingerprint density at radius 1 is 1.38 bits per heavy atom. The third kappa shape index (κ3) is 2.82. The summed E-state index contributed by atoms with van der Waals surface area (Å²) in [5, 5.41) is 0. The van der Waals surface area contributed by atoms with Crippen LogP contribution in [0, 0.1) is 0 Å². The van der Waals surface area contributed by atoms with Gasteiger partial charge in [0, 0.05) is 17.7 Å². The number of nitrogens with zero attached hydrogens (tertiary/aromatic N) is 1. The lowest BCUT2D eigenvalue weighted by Gasteiger charge is -2.38. The molecule has 1 aliphatic rings. The van der Waals surface area contributed by atoms with E-state index in [-0.39, 0.29) is 12.4 Å². The monoisotopic (exact) mass is 260 g/mol. The van der Waals surface area contributed by atoms with E-state index in [4.69, 9.17) is 17.3 Å². The van der Waals surface area contributed by atoms with Crippen molar-refractivity contribution in [2.24, 2.45) is 0 Å². The van der Waals surface area contributed by atoms with Crippen molar-refractivity contribution < 1.29 is 16.9 Å². The van der Waals surface area contributed by atoms with Gasteiger partial charge in [-0.2, -0.15) is 0 Å². The summed E-state index contributed by atoms with van der Waals surface area (Å²) in [7, 11) is 2.28. The van der Waals surface area contributed by atoms with E-state index in [0.717, 1.165) is 35.6 Å². The fraction of sp³-hybridized carbons (Fsp3) is 0.500. The number of fused-ring (bicyclic) bond motifs is 1. The van der Waals surface area contributed by atoms with Gasteiger partial charge in [0.1, 0.15) is 6.54 Å². The van der Waals surface area contributed by atoms with Crippen molar-refractivity contribution in [3.63, 3.8) is 0 Å². The standard InChI is InChI=1S/C12H18ClN2.ClH/c1-15(7-5-13)6-4-10-8-12(14)3-2-11(10)9-15;/h2-3,8H,4-7,9,14H2,1H3;1H/q+1;/p-1. The second-order valence-corrected chi connectivity index (χ2v) is 5.07. The average Bonchev–Trinajstić information content (AvgIpc) is 2.19. The SMILES string of the molecule is C[N+]1(CCCl)CCc2cc(N)ccc2C1.[Cl-]. The van der Waals surface area contributed by atoms with Gasteiger partial charge in [-0.05, 0) is 17.7 Å². The Morgan fingerprint density at radius 2 is 2.12 bits per heavy atom. The normalized spacial score (nSPS) is 23.4. The van der Waals surface area contributed by atoms with Crippen LogP contribution in [-0.2, 0) is 13.0 Å². The molecule has 0 saturated carbocycles. The van der Waals surface area contributed by atoms with Crippen molar-refractivity contribution in [1.29, 1.82) is 0 Å². The molecule has 90 valence electrons. The number of benzene rings is 1. The van der Waals surface area contributed by atoms with Crippen LogP contribution in [0.25, 0.3) is 0 Å². The highest BCUT2D eigenvalue weighted by molar-refractivity contribution is 6.17. The van der Waals surface area contributed by atoms with Gasteiger partial charge in [-0.1, -0.05) is 6.07 Å². The molecule has 0 spiro atoms. The number of nitrogens with two attached hydrogens (primary N) is 1. The van der Waals surface area contributed by atoms with Crippen LogP contribution in [-0.4, -0.2) is 30.5 Å². The average molecular weight is 261 g/mol. The van der Waals surface area contributed by atoms with E-state index in [0.29, 0.717) is 0 Å². The second-order valence-electron chi connectivity index (χ2n) is 4.69. The van der Waals surface area contributed by atoms with Crippen LogP contribution in [0.15, 0.2) is 18.2 Å². The third-order valence-corrected chi connectivity index (χ3v) is 3.50. The number of alkyl halides is 1. The summed E-state index contributed by atoms with van der Waals surface area (Å²) in [5.41, 5.74) is 9.51. The van der Waals surface area contributed by atoms with Gasteiger partial charge in [0.05, 0.1) is 26.0 Å². The molecule has 0 radical (unpaired) electrons. The van der Waals surface area contributed by atoms with E-state index in [1.54, 1.807) is 0 Å². The molecule has 0 aliphatic carbocycles. The summed E-state index contributed by atoms with van der Waals surface area (Å²) in [6, 6.07) is 6.27. The minimum absolute atomic E-state index is 0. The lowest BCUT2D eigenvalue weighted by molar-refractivity contribution is -0.922. The molecule has 0 fully saturated rings. The largest absolute Gasteiger partial charge is 1.00 e. The molecule has 0 amide bonds. The summed E-state index contributed by atoms with van der Waals surface area (Å²) in [4.78, 5) is 0. The van der Waals surface area contributed by atoms with Crippen molar-refractivity contribution in [2.75, 3.05) is 31.8 Å². The molecule has 0 saturated heterocycles. The van der Waals surface area contributed by atoms with Crippen molar-refractivity contribution in [1.82, 2.24) is 0 Å². The van der Waals surface area contributed by atoms with Gasteiger partial charge in [-0.25, -0.2) is 0 Å². The Bertz CT molecular complexity index is 368. The maximum atomic E-state index is 5.84. The molecule has 0 aromatic heterocycles. The van der Waals surface area contributed by atoms with E-state index in [1.165, 1.54) is 17.7 Å². The van der Waals surface area contributed by atoms with Gasteiger partial charge in [-0.3, -0.25) is 0 Å². The fourth-order valence-corrected chi connectivity index (χ4v) is 2.72. The number of halogens is 2. The van der Waals surface area contributed by atoms with Crippen LogP contribution in [0.4, 0.5) is 5.69 Å². The fourth-order valence-electron chi connectivity index (χ4n) is 2.31. The number of rotatable bonds is 2. The van der Waals surface area contributed by atoms with Crippen molar-refractivity contribution in [2.45, 2.75) is 13.0 Å². The molecule has 4 heteroatoms. The van der Waals surface area contributed by atoms with E-state index in [1.807, 2.05) is 6.07 Å². The Labute approximate surface area is 108 Å². The van der Waals surface area contributed by atoms with Crippen LogP contribution < -0.4 is 18.1 Å². The van der Waals surface area contributed by atoms with Crippen molar-refractivity contribution in [3.8, 4) is 0 Å². The Morgan fingerprint density at radius 3 is 2.81 bits per heavy atom. The van der Waals surface area contributed by atoms with Gasteiger partial charge in [0.2, 0.25) is 0 Å². The molecule has 2 N–H and O–H groups in total. The predicted molar refractivity (Wildman–Crippen MR) is 64.9 cm³/mol. The first kappa shape index (κ1) is 13.6. The van der Waals surface area contributed by atoms with E-state index in [2.05, 4.69) is 19.2 Å². The number of hydrogen-bond acceptors (Lipinski definition) is 1. The number of quaternary nitrogens is 1. The summed E-state index contributed by atoms with van der Waals surface area (Å²) in [6.45, 7) is 3.30. The minimum Gasteiger partial charge on any atom is -1.00 e. The zero-order valence-corrected chi connectivity index (χ0v) is 11.1. The maximum Gasteiger partial charge on any atom is 0.104 e. The molecule has 16 heavy (non-hydrogen) atoms. The molecular formula is C12H18Cl2N2. The quantitative estimate of drug-likeness (QED) is 0.413. The van der Waals surface area contributed by atoms with Gasteiger partial charge in [-0.15, -0.1) is 11.6 Å². The highest BCUT2D eigenvalue weighted by Crippen LogP contribution is 2.25. The highest BCUT2D eigenvalue weighted by Gasteiger charge is 2.27. The number of anilines is 1. The zero-order valence-electron chi connectivity index (χ0n) is 9.55. The van der Waals surface area contributed by atoms with E-state index in [9.17, 15) is 0 Å². The smallest absolute Gasteiger partial charge is 0.104 e. The topological polar surface area (TPSA) is 26.0 Å². The Kier molecular flexibility index (Phi) is 4.48. The summed E-state index contributed by atoms with van der Waals surface area (Å²) in [6.07, 6.45) is 1.12. The second kappa shape index (κ2) is 5.26. The molecule has 0 bridgehead atoms. The molecule has 2 rings (SSSR count). The van der Waals surface area contributed by atoms with E-state index >= 15 is 0 Å². The predicted octanol–water partition coefficient (Wildman–Crippen LogP) is -0.986. The lowest BCUT2D eigenvalue weighted by atomic mass is 9.97. The Balaban J connectivity index is 0.00000128. The molecule has 1 heterocycles. The van der Waals surface area contributed by atoms with Crippen LogP contribution in [0.2, 0.25) is 0 Å². The van der Waals surface area contributed by atoms with Gasteiger partial charge in [0.15, 0.2) is 0 Å². The van der Waals surface area contributed by atoms with Gasteiger partial charge < -0.3 is 22.6 Å². The number of likely N-dealkylation sites (N-methyl/N-ethyl adjacent to an activating group) is 1. The first-order chi connectivity index (χ1) is 7.13. The molecule has 1 aromatic carbocycles. The molecular weight excluding hydrogens is 243 g/mol. The van der Waals surface area contributed by atoms with Crippen LogP contribution in [0.3, 0.4) is 0 Å². The number of hydrogen-bond donors (Lipinski definition) is 1. The summed E-state index contributed by atoms with van der Waals surface area (Å²) >= 11 is 5.84. The first-order valence-corrected chi connectivity index (χ1v) is 5.93. The molecule has 1 unspecified atom stereocenters. The van der Waals surface area contributed by atoms with Crippen LogP contribution >= 0.6 is 11.6 Å². The van der Waals surface area contributed by atoms with Gasteiger partial charge >= 0.3 is 0 Å². The number of nitrogen functional groups attached to an aromatic ring is 1. The Hall–Kier alpha value is -0.440. The summed E-state index contributed by atoms with van der Waals surface area (Å²) in [5.74, 6) is 0.737. The third-order valence-electron chi connectivity index (χ3n) is 3.33. The lowest BCUT2D eigenvalue weighted by Crippen LogP contribution is -3.00. The molecule has 1 atom stereocenters. The van der Waals surface area contributed by atoms with Crippen molar-refractivity contribution in [3.05, 3.63) is 29.3 Å². The maximum absolute atomic E-state index is 5.84. The van der Waals surface area contributed by atoms with Crippen molar-refractivity contribution >= 4 is 17.3 Å². The van der Waals surface area contributed by atoms with Crippen LogP contribution in [0.1, 0.15) is 11.1 Å². The zero-order chi connectivity index (χ0) is 10.9. The summed E-state index contributed by atoms with van der Waals surface area (Å²) < 4.78 is 1.06. The van der Waals surface area contributed by atoms with E-state index < -0.39 is 0 Å². The minimum atomic E-state index is 0. The van der Waals surface area contributed by atoms with Crippen LogP contribution in [0.5, 0.6) is 0 Å². The first-order valence-electron chi connectivity index (χ1n) is 5.40. The molecule has 1 aromatic rings. The molecule has 2 nitrogen and oxygen atoms in total. The highest BCUT2D eigenvalue weighted by atomic mass is 35.5.